The van der Waals surface area contributed by atoms with E-state index in [1.807, 2.05) is 18.2 Å². The van der Waals surface area contributed by atoms with Crippen LogP contribution < -0.4 is 10.6 Å². The predicted octanol–water partition coefficient (Wildman–Crippen LogP) is 8.73. The standard InChI is InChI=1S/C18H23NO.C16H16F3NO/c1-12(2)13-3-5-14(6-4-13)15-7-9-17-16(11-15)8-10-18(20)19-17;17-16(18,19)13-5-1-10(2-6-13)11-3-7-14-12(9-11)4-8-15(21)20-14/h5,7,9,11-13H,3-4,6,8,10H2,1-2H3,(H,19,20);1,3,7,9,13H,2,4-6,8H2,(H,20,21). The molecule has 0 spiro atoms. The third-order valence-electron chi connectivity index (χ3n) is 9.01. The van der Waals surface area contributed by atoms with E-state index in [9.17, 15) is 22.8 Å². The van der Waals surface area contributed by atoms with E-state index in [2.05, 4.69) is 48.8 Å². The number of alkyl halides is 3. The van der Waals surface area contributed by atoms with E-state index in [0.29, 0.717) is 25.7 Å². The first-order chi connectivity index (χ1) is 19.6. The fourth-order valence-electron chi connectivity index (χ4n) is 6.28. The van der Waals surface area contributed by atoms with E-state index in [4.69, 9.17) is 0 Å². The number of carbonyl (C=O) groups is 2. The van der Waals surface area contributed by atoms with E-state index in [1.54, 1.807) is 6.08 Å². The van der Waals surface area contributed by atoms with Crippen molar-refractivity contribution in [2.45, 2.75) is 84.2 Å². The van der Waals surface area contributed by atoms with Crippen LogP contribution in [0, 0.1) is 17.8 Å². The molecule has 0 aromatic heterocycles. The van der Waals surface area contributed by atoms with Crippen LogP contribution in [-0.4, -0.2) is 18.0 Å². The average molecular weight is 565 g/mol. The second-order valence-corrected chi connectivity index (χ2v) is 12.1. The lowest BCUT2D eigenvalue weighted by Crippen LogP contribution is -2.24. The quantitative estimate of drug-likeness (QED) is 0.392. The van der Waals surface area contributed by atoms with E-state index < -0.39 is 12.1 Å². The number of nitrogens with one attached hydrogen (secondary N) is 2. The van der Waals surface area contributed by atoms with Gasteiger partial charge < -0.3 is 10.6 Å². The normalized spacial score (nSPS) is 22.3. The summed E-state index contributed by atoms with van der Waals surface area (Å²) in [6.07, 6.45) is 7.06. The van der Waals surface area contributed by atoms with E-state index in [1.165, 1.54) is 36.0 Å². The summed E-state index contributed by atoms with van der Waals surface area (Å²) in [6, 6.07) is 12.2. The Balaban J connectivity index is 0.000000165. The van der Waals surface area contributed by atoms with Gasteiger partial charge in [0.25, 0.3) is 0 Å². The summed E-state index contributed by atoms with van der Waals surface area (Å²) in [4.78, 5) is 22.7. The van der Waals surface area contributed by atoms with Gasteiger partial charge in [0.1, 0.15) is 0 Å². The molecule has 0 fully saturated rings. The van der Waals surface area contributed by atoms with Crippen LogP contribution in [0.15, 0.2) is 48.6 Å². The molecule has 7 heteroatoms. The van der Waals surface area contributed by atoms with Gasteiger partial charge in [0.05, 0.1) is 5.92 Å². The van der Waals surface area contributed by atoms with E-state index in [0.717, 1.165) is 46.3 Å². The van der Waals surface area contributed by atoms with Gasteiger partial charge in [-0.1, -0.05) is 38.1 Å². The van der Waals surface area contributed by atoms with Gasteiger partial charge in [0.2, 0.25) is 11.8 Å². The van der Waals surface area contributed by atoms with Crippen LogP contribution in [-0.2, 0) is 22.4 Å². The number of fused-ring (bicyclic) bond motifs is 2. The number of rotatable bonds is 3. The highest BCUT2D eigenvalue weighted by atomic mass is 19.4. The second-order valence-electron chi connectivity index (χ2n) is 12.1. The number of hydrogen-bond donors (Lipinski definition) is 2. The van der Waals surface area contributed by atoms with E-state index >= 15 is 0 Å². The largest absolute Gasteiger partial charge is 0.392 e. The molecule has 2 aliphatic heterocycles. The number of benzene rings is 2. The number of aryl methyl sites for hydroxylation is 2. The molecule has 2 atom stereocenters. The topological polar surface area (TPSA) is 58.2 Å². The van der Waals surface area contributed by atoms with Gasteiger partial charge >= 0.3 is 6.18 Å². The summed E-state index contributed by atoms with van der Waals surface area (Å²) in [5.41, 5.74) is 8.96. The van der Waals surface area contributed by atoms with Gasteiger partial charge in [-0.05, 0) is 121 Å². The molecule has 2 aromatic carbocycles. The molecule has 4 nitrogen and oxygen atoms in total. The highest BCUT2D eigenvalue weighted by Crippen LogP contribution is 2.40. The first-order valence-corrected chi connectivity index (χ1v) is 14.9. The molecule has 4 aliphatic rings. The Morgan fingerprint density at radius 3 is 1.63 bits per heavy atom. The monoisotopic (exact) mass is 564 g/mol. The number of amides is 2. The fourth-order valence-corrected chi connectivity index (χ4v) is 6.28. The molecule has 218 valence electrons. The van der Waals surface area contributed by atoms with Crippen molar-refractivity contribution in [3.63, 3.8) is 0 Å². The van der Waals surface area contributed by atoms with Crippen molar-refractivity contribution in [2.75, 3.05) is 10.6 Å². The van der Waals surface area contributed by atoms with Crippen molar-refractivity contribution in [2.24, 2.45) is 17.8 Å². The van der Waals surface area contributed by atoms with Gasteiger partial charge in [0, 0.05) is 24.2 Å². The van der Waals surface area contributed by atoms with Crippen molar-refractivity contribution in [3.8, 4) is 0 Å². The Kier molecular flexibility index (Phi) is 8.71. The third kappa shape index (κ3) is 7.11. The van der Waals surface area contributed by atoms with Crippen LogP contribution >= 0.6 is 0 Å². The summed E-state index contributed by atoms with van der Waals surface area (Å²) in [6.45, 7) is 4.65. The molecule has 6 rings (SSSR count). The van der Waals surface area contributed by atoms with Crippen LogP contribution in [0.5, 0.6) is 0 Å². The lowest BCUT2D eigenvalue weighted by molar-refractivity contribution is -0.175. The molecule has 0 radical (unpaired) electrons. The molecule has 2 heterocycles. The smallest absolute Gasteiger partial charge is 0.326 e. The zero-order valence-electron chi connectivity index (χ0n) is 23.9. The zero-order chi connectivity index (χ0) is 29.1. The lowest BCUT2D eigenvalue weighted by atomic mass is 9.80. The Hall–Kier alpha value is -3.35. The van der Waals surface area contributed by atoms with Crippen LogP contribution in [0.25, 0.3) is 11.1 Å². The van der Waals surface area contributed by atoms with Crippen molar-refractivity contribution in [1.29, 1.82) is 0 Å². The SMILES string of the molecule is CC(C)C1CC=C(c2ccc3c(c2)CCC(=O)N3)CC1.O=C1CCc2cc(C3=CCC(C(F)(F)F)CC3)ccc2N1. The number of halogens is 3. The molecular formula is C34H39F3N2O2. The molecule has 2 unspecified atom stereocenters. The van der Waals surface area contributed by atoms with Gasteiger partial charge in [-0.3, -0.25) is 9.59 Å². The number of hydrogen-bond acceptors (Lipinski definition) is 2. The maximum absolute atomic E-state index is 12.7. The first kappa shape index (κ1) is 29.2. The highest BCUT2D eigenvalue weighted by molar-refractivity contribution is 5.95. The first-order valence-electron chi connectivity index (χ1n) is 14.9. The Labute approximate surface area is 240 Å². The summed E-state index contributed by atoms with van der Waals surface area (Å²) in [7, 11) is 0. The molecule has 2 amide bonds. The maximum atomic E-state index is 12.7. The van der Waals surface area contributed by atoms with Crippen molar-refractivity contribution >= 4 is 34.3 Å². The molecule has 0 saturated carbocycles. The van der Waals surface area contributed by atoms with Crippen molar-refractivity contribution in [1.82, 2.24) is 0 Å². The predicted molar refractivity (Wildman–Crippen MR) is 158 cm³/mol. The minimum Gasteiger partial charge on any atom is -0.326 e. The summed E-state index contributed by atoms with van der Waals surface area (Å²) >= 11 is 0. The molecule has 2 aliphatic carbocycles. The minimum absolute atomic E-state index is 0.0140. The van der Waals surface area contributed by atoms with Crippen LogP contribution in [0.4, 0.5) is 24.5 Å². The number of anilines is 2. The fraction of sp³-hybridized carbons (Fsp3) is 0.471. The third-order valence-corrected chi connectivity index (χ3v) is 9.01. The Morgan fingerprint density at radius 1 is 0.707 bits per heavy atom. The van der Waals surface area contributed by atoms with Crippen LogP contribution in [0.2, 0.25) is 0 Å². The Bertz CT molecular complexity index is 1370. The molecule has 0 bridgehead atoms. The van der Waals surface area contributed by atoms with Crippen molar-refractivity contribution in [3.05, 3.63) is 70.8 Å². The number of carbonyl (C=O) groups excluding carboxylic acids is 2. The molecule has 41 heavy (non-hydrogen) atoms. The van der Waals surface area contributed by atoms with Gasteiger partial charge in [-0.15, -0.1) is 0 Å². The van der Waals surface area contributed by atoms with Crippen molar-refractivity contribution < 1.29 is 22.8 Å². The van der Waals surface area contributed by atoms with Crippen LogP contribution in [0.1, 0.15) is 87.5 Å². The minimum atomic E-state index is -4.10. The molecular weight excluding hydrogens is 525 g/mol. The second kappa shape index (κ2) is 12.3. The summed E-state index contributed by atoms with van der Waals surface area (Å²) < 4.78 is 38.0. The van der Waals surface area contributed by atoms with Crippen LogP contribution in [0.3, 0.4) is 0 Å². The zero-order valence-corrected chi connectivity index (χ0v) is 23.9. The summed E-state index contributed by atoms with van der Waals surface area (Å²) in [5, 5.41) is 5.76. The average Bonchev–Trinajstić information content (AvgIpc) is 2.96. The molecule has 2 aromatic rings. The number of allylic oxidation sites excluding steroid dienone is 4. The highest BCUT2D eigenvalue weighted by Gasteiger charge is 2.39. The Morgan fingerprint density at radius 2 is 1.22 bits per heavy atom. The van der Waals surface area contributed by atoms with Gasteiger partial charge in [-0.25, -0.2) is 0 Å². The summed E-state index contributed by atoms with van der Waals surface area (Å²) in [5.74, 6) is 0.572. The maximum Gasteiger partial charge on any atom is 0.392 e. The van der Waals surface area contributed by atoms with E-state index in [-0.39, 0.29) is 24.7 Å². The lowest BCUT2D eigenvalue weighted by Gasteiger charge is -2.26. The van der Waals surface area contributed by atoms with Gasteiger partial charge in [0.15, 0.2) is 0 Å². The van der Waals surface area contributed by atoms with Gasteiger partial charge in [-0.2, -0.15) is 13.2 Å². The molecule has 2 N–H and O–H groups in total. The molecule has 0 saturated heterocycles.